The molecule has 0 fully saturated rings. The number of anilines is 2. The number of benzene rings is 2. The van der Waals surface area contributed by atoms with E-state index in [-0.39, 0.29) is 11.1 Å². The number of hydrogen-bond donors (Lipinski definition) is 4. The Bertz CT molecular complexity index is 1230. The summed E-state index contributed by atoms with van der Waals surface area (Å²) in [5, 5.41) is 5.40. The molecule has 2 heterocycles. The molecule has 0 aliphatic carbocycles. The molecule has 0 atom stereocenters. The molecule has 0 aliphatic rings. The number of nitrogen functional groups attached to an aromatic ring is 2. The number of aromatic nitrogens is 4. The summed E-state index contributed by atoms with van der Waals surface area (Å²) in [5.74, 6) is 0.871. The molecule has 0 radical (unpaired) electrons. The first kappa shape index (κ1) is 20.8. The molecule has 156 valence electrons. The van der Waals surface area contributed by atoms with Gasteiger partial charge in [-0.1, -0.05) is 59.7 Å². The van der Waals surface area contributed by atoms with Crippen LogP contribution in [0.15, 0.2) is 58.1 Å². The number of H-pyrrole nitrogens is 2. The van der Waals surface area contributed by atoms with Crippen LogP contribution in [0.4, 0.5) is 11.6 Å². The van der Waals surface area contributed by atoms with Gasteiger partial charge >= 0.3 is 0 Å². The Morgan fingerprint density at radius 1 is 0.700 bits per heavy atom. The van der Waals surface area contributed by atoms with E-state index in [4.69, 9.17) is 11.5 Å². The Morgan fingerprint density at radius 2 is 1.17 bits per heavy atom. The van der Waals surface area contributed by atoms with Crippen LogP contribution in [0.5, 0.6) is 0 Å². The van der Waals surface area contributed by atoms with Crippen molar-refractivity contribution in [1.82, 2.24) is 19.6 Å². The fraction of sp³-hybridized carbons (Fsp3) is 0.182. The van der Waals surface area contributed by atoms with Gasteiger partial charge in [-0.15, -0.1) is 0 Å². The highest BCUT2D eigenvalue weighted by atomic mass is 16.1. The van der Waals surface area contributed by atoms with E-state index in [1.165, 1.54) is 9.36 Å². The van der Waals surface area contributed by atoms with Crippen LogP contribution in [0.1, 0.15) is 11.1 Å². The summed E-state index contributed by atoms with van der Waals surface area (Å²) < 4.78 is 2.90. The van der Waals surface area contributed by atoms with Crippen LogP contribution in [0.25, 0.3) is 22.3 Å². The first-order valence-electron chi connectivity index (χ1n) is 9.42. The van der Waals surface area contributed by atoms with Crippen molar-refractivity contribution < 1.29 is 0 Å². The maximum Gasteiger partial charge on any atom is 0.276 e. The number of nitrogens with one attached hydrogen (secondary N) is 2. The maximum atomic E-state index is 11.7. The van der Waals surface area contributed by atoms with Crippen LogP contribution >= 0.6 is 0 Å². The molecule has 2 aromatic carbocycles. The fourth-order valence-electron chi connectivity index (χ4n) is 3.12. The van der Waals surface area contributed by atoms with Crippen molar-refractivity contribution in [3.63, 3.8) is 0 Å². The second-order valence-electron chi connectivity index (χ2n) is 7.26. The maximum absolute atomic E-state index is 11.7. The zero-order chi connectivity index (χ0) is 22.0. The van der Waals surface area contributed by atoms with Gasteiger partial charge in [0.15, 0.2) is 0 Å². The van der Waals surface area contributed by atoms with E-state index in [0.717, 1.165) is 22.3 Å². The quantitative estimate of drug-likeness (QED) is 0.408. The second kappa shape index (κ2) is 8.20. The van der Waals surface area contributed by atoms with Crippen LogP contribution < -0.4 is 22.6 Å². The van der Waals surface area contributed by atoms with Crippen molar-refractivity contribution in [2.45, 2.75) is 13.8 Å². The van der Waals surface area contributed by atoms with Gasteiger partial charge in [0, 0.05) is 14.1 Å². The van der Waals surface area contributed by atoms with E-state index < -0.39 is 0 Å². The van der Waals surface area contributed by atoms with E-state index in [0.29, 0.717) is 22.8 Å². The summed E-state index contributed by atoms with van der Waals surface area (Å²) in [4.78, 5) is 23.3. The van der Waals surface area contributed by atoms with Gasteiger partial charge < -0.3 is 11.5 Å². The highest BCUT2D eigenvalue weighted by Crippen LogP contribution is 2.22. The summed E-state index contributed by atoms with van der Waals surface area (Å²) in [5.41, 5.74) is 16.4. The molecule has 4 aromatic rings. The summed E-state index contributed by atoms with van der Waals surface area (Å²) in [6.07, 6.45) is 0. The van der Waals surface area contributed by atoms with Gasteiger partial charge in [-0.05, 0) is 25.0 Å². The monoisotopic (exact) mass is 406 g/mol. The van der Waals surface area contributed by atoms with E-state index in [1.807, 2.05) is 62.4 Å². The zero-order valence-electron chi connectivity index (χ0n) is 17.5. The molecule has 4 rings (SSSR count). The third-order valence-corrected chi connectivity index (χ3v) is 4.87. The molecule has 0 aliphatic heterocycles. The Labute approximate surface area is 173 Å². The Hall–Kier alpha value is -3.94. The molecular formula is C22H26N6O2. The molecule has 2 aromatic heterocycles. The number of rotatable bonds is 2. The van der Waals surface area contributed by atoms with Crippen LogP contribution in [-0.2, 0) is 14.1 Å². The minimum atomic E-state index is -0.154. The average Bonchev–Trinajstić information content (AvgIpc) is 3.11. The fourth-order valence-corrected chi connectivity index (χ4v) is 3.12. The lowest BCUT2D eigenvalue weighted by molar-refractivity contribution is 0.744. The first-order valence-corrected chi connectivity index (χ1v) is 9.42. The van der Waals surface area contributed by atoms with Crippen molar-refractivity contribution in [2.75, 3.05) is 11.5 Å². The molecule has 8 heteroatoms. The molecule has 0 bridgehead atoms. The normalized spacial score (nSPS) is 10.5. The SMILES string of the molecule is Cc1ccc(-c2c(N)[nH]n(C)c2=O)cc1.Cc1ccc(-c2c(N)n(C)[nH]c2=O)cc1. The highest BCUT2D eigenvalue weighted by molar-refractivity contribution is 5.74. The summed E-state index contributed by atoms with van der Waals surface area (Å²) in [7, 11) is 3.37. The molecule has 0 spiro atoms. The number of nitrogens with two attached hydrogens (primary N) is 2. The first-order chi connectivity index (χ1) is 14.2. The molecule has 0 saturated carbocycles. The smallest absolute Gasteiger partial charge is 0.276 e. The van der Waals surface area contributed by atoms with Crippen LogP contribution in [-0.4, -0.2) is 19.6 Å². The van der Waals surface area contributed by atoms with Crippen molar-refractivity contribution in [2.24, 2.45) is 14.1 Å². The zero-order valence-corrected chi connectivity index (χ0v) is 17.5. The lowest BCUT2D eigenvalue weighted by Crippen LogP contribution is -2.13. The van der Waals surface area contributed by atoms with Crippen LogP contribution in [0, 0.1) is 13.8 Å². The minimum Gasteiger partial charge on any atom is -0.383 e. The van der Waals surface area contributed by atoms with Crippen molar-refractivity contribution in [1.29, 1.82) is 0 Å². The van der Waals surface area contributed by atoms with Crippen molar-refractivity contribution in [3.05, 3.63) is 80.4 Å². The number of aromatic amines is 2. The minimum absolute atomic E-state index is 0.101. The Balaban J connectivity index is 0.000000171. The summed E-state index contributed by atoms with van der Waals surface area (Å²) in [6.45, 7) is 4.00. The van der Waals surface area contributed by atoms with Gasteiger partial charge in [0.1, 0.15) is 11.6 Å². The molecule has 0 saturated heterocycles. The van der Waals surface area contributed by atoms with Gasteiger partial charge in [-0.3, -0.25) is 29.2 Å². The Morgan fingerprint density at radius 3 is 1.53 bits per heavy atom. The molecule has 30 heavy (non-hydrogen) atoms. The van der Waals surface area contributed by atoms with Crippen LogP contribution in [0.3, 0.4) is 0 Å². The van der Waals surface area contributed by atoms with Crippen molar-refractivity contribution in [3.8, 4) is 22.3 Å². The predicted molar refractivity (Wildman–Crippen MR) is 121 cm³/mol. The average molecular weight is 406 g/mol. The molecule has 8 nitrogen and oxygen atoms in total. The van der Waals surface area contributed by atoms with E-state index in [2.05, 4.69) is 10.2 Å². The number of nitrogens with zero attached hydrogens (tertiary/aromatic N) is 2. The van der Waals surface area contributed by atoms with Gasteiger partial charge in [0.2, 0.25) is 0 Å². The molecule has 0 amide bonds. The highest BCUT2D eigenvalue weighted by Gasteiger charge is 2.12. The lowest BCUT2D eigenvalue weighted by atomic mass is 10.1. The number of aryl methyl sites for hydroxylation is 4. The third kappa shape index (κ3) is 4.07. The molecule has 6 N–H and O–H groups in total. The summed E-state index contributed by atoms with van der Waals surface area (Å²) >= 11 is 0. The van der Waals surface area contributed by atoms with Gasteiger partial charge in [0.25, 0.3) is 11.1 Å². The Kier molecular flexibility index (Phi) is 5.68. The predicted octanol–water partition coefficient (Wildman–Crippen LogP) is 2.54. The van der Waals surface area contributed by atoms with Gasteiger partial charge in [-0.25, -0.2) is 0 Å². The van der Waals surface area contributed by atoms with E-state index in [9.17, 15) is 9.59 Å². The van der Waals surface area contributed by atoms with E-state index in [1.54, 1.807) is 14.1 Å². The molecule has 0 unspecified atom stereocenters. The largest absolute Gasteiger partial charge is 0.383 e. The van der Waals surface area contributed by atoms with Gasteiger partial charge in [0.05, 0.1) is 11.1 Å². The lowest BCUT2D eigenvalue weighted by Gasteiger charge is -2.00. The standard InChI is InChI=1S/2C11H13N3O/c1-7-3-5-8(6-4-7)9-10(12)14(2)13-11(9)15;1-7-3-5-8(6-4-7)9-10(12)13-14(2)11(9)15/h3-6H,12H2,1-2H3,(H,13,15);3-6,13H,12H2,1-2H3. The molecular weight excluding hydrogens is 380 g/mol. The second-order valence-corrected chi connectivity index (χ2v) is 7.26. The topological polar surface area (TPSA) is 128 Å². The van der Waals surface area contributed by atoms with E-state index >= 15 is 0 Å². The summed E-state index contributed by atoms with van der Waals surface area (Å²) in [6, 6.07) is 15.4. The third-order valence-electron chi connectivity index (χ3n) is 4.87. The van der Waals surface area contributed by atoms with Gasteiger partial charge in [-0.2, -0.15) is 0 Å². The van der Waals surface area contributed by atoms with Crippen molar-refractivity contribution >= 4 is 11.6 Å². The van der Waals surface area contributed by atoms with Crippen LogP contribution in [0.2, 0.25) is 0 Å². The number of hydrogen-bond acceptors (Lipinski definition) is 4.